The third kappa shape index (κ3) is 2.14. The first-order valence-corrected chi connectivity index (χ1v) is 6.47. The number of nitrogen functional groups attached to an aromatic ring is 1. The molecule has 0 unspecified atom stereocenters. The largest absolute Gasteiger partial charge is 0.308 e. The predicted molar refractivity (Wildman–Crippen MR) is 78.4 cm³/mol. The molecule has 18 heavy (non-hydrogen) atoms. The van der Waals surface area contributed by atoms with Gasteiger partial charge in [0.1, 0.15) is 5.82 Å². The van der Waals surface area contributed by atoms with Gasteiger partial charge in [0.05, 0.1) is 15.6 Å². The Morgan fingerprint density at radius 3 is 2.50 bits per heavy atom. The Bertz CT molecular complexity index is 609. The third-order valence-electron chi connectivity index (χ3n) is 2.96. The molecule has 0 saturated carbocycles. The van der Waals surface area contributed by atoms with Gasteiger partial charge in [-0.2, -0.15) is 0 Å². The summed E-state index contributed by atoms with van der Waals surface area (Å²) >= 11 is 12.5. The maximum Gasteiger partial charge on any atom is 0.144 e. The van der Waals surface area contributed by atoms with Crippen molar-refractivity contribution in [3.8, 4) is 0 Å². The van der Waals surface area contributed by atoms with Crippen LogP contribution in [0.15, 0.2) is 12.1 Å². The molecule has 0 aliphatic rings. The van der Waals surface area contributed by atoms with Crippen LogP contribution in [0.25, 0.3) is 10.9 Å². The van der Waals surface area contributed by atoms with Crippen molar-refractivity contribution >= 4 is 39.9 Å². The van der Waals surface area contributed by atoms with Crippen molar-refractivity contribution in [3.05, 3.63) is 33.3 Å². The second-order valence-corrected chi connectivity index (χ2v) is 5.40. The first-order chi connectivity index (χ1) is 8.45. The highest BCUT2D eigenvalue weighted by atomic mass is 35.5. The van der Waals surface area contributed by atoms with Gasteiger partial charge in [0.15, 0.2) is 0 Å². The van der Waals surface area contributed by atoms with Crippen molar-refractivity contribution in [2.75, 3.05) is 5.43 Å². The number of hydrazine groups is 1. The maximum absolute atomic E-state index is 6.32. The highest BCUT2D eigenvalue weighted by molar-refractivity contribution is 6.40. The fourth-order valence-electron chi connectivity index (χ4n) is 1.97. The summed E-state index contributed by atoms with van der Waals surface area (Å²) in [7, 11) is 0. The van der Waals surface area contributed by atoms with Crippen LogP contribution >= 0.6 is 23.2 Å². The third-order valence-corrected chi connectivity index (χ3v) is 3.75. The Kier molecular flexibility index (Phi) is 3.66. The Morgan fingerprint density at radius 2 is 1.94 bits per heavy atom. The molecule has 0 atom stereocenters. The van der Waals surface area contributed by atoms with E-state index in [2.05, 4.69) is 24.3 Å². The zero-order chi connectivity index (χ0) is 13.4. The van der Waals surface area contributed by atoms with Gasteiger partial charge in [-0.1, -0.05) is 37.0 Å². The lowest BCUT2D eigenvalue weighted by Gasteiger charge is -2.14. The molecular formula is C13H15Cl2N3. The molecule has 0 radical (unpaired) electrons. The topological polar surface area (TPSA) is 50.9 Å². The highest BCUT2D eigenvalue weighted by Crippen LogP contribution is 2.35. The Morgan fingerprint density at radius 1 is 1.28 bits per heavy atom. The van der Waals surface area contributed by atoms with Crippen LogP contribution in [0.5, 0.6) is 0 Å². The van der Waals surface area contributed by atoms with Gasteiger partial charge in [0.25, 0.3) is 0 Å². The van der Waals surface area contributed by atoms with Crippen LogP contribution in [0, 0.1) is 6.92 Å². The molecule has 1 aromatic carbocycles. The second-order valence-electron chi connectivity index (χ2n) is 4.61. The van der Waals surface area contributed by atoms with Crippen molar-refractivity contribution in [3.63, 3.8) is 0 Å². The first-order valence-electron chi connectivity index (χ1n) is 5.71. The Labute approximate surface area is 116 Å². The monoisotopic (exact) mass is 283 g/mol. The van der Waals surface area contributed by atoms with Crippen LogP contribution in [-0.4, -0.2) is 4.98 Å². The summed E-state index contributed by atoms with van der Waals surface area (Å²) in [6, 6.07) is 3.82. The van der Waals surface area contributed by atoms with E-state index in [4.69, 9.17) is 29.0 Å². The number of nitrogens with two attached hydrogens (primary N) is 1. The van der Waals surface area contributed by atoms with Gasteiger partial charge in [-0.25, -0.2) is 10.8 Å². The molecule has 2 aromatic rings. The van der Waals surface area contributed by atoms with E-state index in [1.165, 1.54) is 0 Å². The fraction of sp³-hybridized carbons (Fsp3) is 0.308. The van der Waals surface area contributed by atoms with Crippen molar-refractivity contribution in [1.82, 2.24) is 4.98 Å². The van der Waals surface area contributed by atoms with E-state index >= 15 is 0 Å². The lowest BCUT2D eigenvalue weighted by atomic mass is 10.0. The number of aromatic nitrogens is 1. The average Bonchev–Trinajstić information content (AvgIpc) is 2.34. The smallest absolute Gasteiger partial charge is 0.144 e. The molecule has 3 nitrogen and oxygen atoms in total. The molecule has 1 aromatic heterocycles. The quantitative estimate of drug-likeness (QED) is 0.640. The number of halogens is 2. The SMILES string of the molecule is Cc1cc(Cl)c2nc(NN)c(C(C)C)cc2c1Cl. The van der Waals surface area contributed by atoms with Gasteiger partial charge in [-0.05, 0) is 36.1 Å². The second kappa shape index (κ2) is 4.92. The zero-order valence-corrected chi connectivity index (χ0v) is 12.0. The number of nitrogens with zero attached hydrogens (tertiary/aromatic N) is 1. The van der Waals surface area contributed by atoms with Crippen molar-refractivity contribution in [2.24, 2.45) is 5.84 Å². The van der Waals surface area contributed by atoms with Crippen LogP contribution in [0.1, 0.15) is 30.9 Å². The number of benzene rings is 1. The summed E-state index contributed by atoms with van der Waals surface area (Å²) in [6.45, 7) is 6.09. The molecule has 0 amide bonds. The lowest BCUT2D eigenvalue weighted by molar-refractivity contribution is 0.862. The zero-order valence-electron chi connectivity index (χ0n) is 10.5. The minimum Gasteiger partial charge on any atom is -0.308 e. The van der Waals surface area contributed by atoms with Crippen molar-refractivity contribution in [1.29, 1.82) is 0 Å². The van der Waals surface area contributed by atoms with Crippen LogP contribution in [-0.2, 0) is 0 Å². The molecule has 0 bridgehead atoms. The highest BCUT2D eigenvalue weighted by Gasteiger charge is 2.14. The van der Waals surface area contributed by atoms with E-state index in [1.807, 2.05) is 19.1 Å². The summed E-state index contributed by atoms with van der Waals surface area (Å²) in [5.74, 6) is 6.44. The minimum absolute atomic E-state index is 0.295. The number of hydrogen-bond acceptors (Lipinski definition) is 3. The predicted octanol–water partition coefficient (Wildman–Crippen LogP) is 4.26. The molecule has 0 aliphatic heterocycles. The number of hydrogen-bond donors (Lipinski definition) is 2. The van der Waals surface area contributed by atoms with Crippen molar-refractivity contribution < 1.29 is 0 Å². The van der Waals surface area contributed by atoms with Gasteiger partial charge >= 0.3 is 0 Å². The van der Waals surface area contributed by atoms with E-state index < -0.39 is 0 Å². The number of aryl methyl sites for hydroxylation is 1. The first kappa shape index (κ1) is 13.4. The van der Waals surface area contributed by atoms with Crippen LogP contribution in [0.2, 0.25) is 10.0 Å². The van der Waals surface area contributed by atoms with Crippen molar-refractivity contribution in [2.45, 2.75) is 26.7 Å². The average molecular weight is 284 g/mol. The number of rotatable bonds is 2. The Balaban J connectivity index is 2.87. The molecule has 5 heteroatoms. The number of nitrogens with one attached hydrogen (secondary N) is 1. The summed E-state index contributed by atoms with van der Waals surface area (Å²) in [4.78, 5) is 4.46. The van der Waals surface area contributed by atoms with Gasteiger partial charge in [0, 0.05) is 5.39 Å². The lowest BCUT2D eigenvalue weighted by Crippen LogP contribution is -2.12. The van der Waals surface area contributed by atoms with E-state index in [1.54, 1.807) is 0 Å². The molecule has 3 N–H and O–H groups in total. The van der Waals surface area contributed by atoms with E-state index in [0.29, 0.717) is 27.3 Å². The number of fused-ring (bicyclic) bond motifs is 1. The molecule has 96 valence electrons. The normalized spacial score (nSPS) is 11.3. The number of pyridine rings is 1. The van der Waals surface area contributed by atoms with Gasteiger partial charge < -0.3 is 5.43 Å². The summed E-state index contributed by atoms with van der Waals surface area (Å²) < 4.78 is 0. The fourth-order valence-corrected chi connectivity index (χ4v) is 2.47. The van der Waals surface area contributed by atoms with Gasteiger partial charge in [0.2, 0.25) is 0 Å². The maximum atomic E-state index is 6.32. The molecule has 0 aliphatic carbocycles. The minimum atomic E-state index is 0.295. The Hall–Kier alpha value is -1.03. The van der Waals surface area contributed by atoms with Crippen LogP contribution < -0.4 is 11.3 Å². The summed E-state index contributed by atoms with van der Waals surface area (Å²) in [5, 5.41) is 2.13. The van der Waals surface area contributed by atoms with Gasteiger partial charge in [-0.15, -0.1) is 0 Å². The van der Waals surface area contributed by atoms with Gasteiger partial charge in [-0.3, -0.25) is 0 Å². The summed E-state index contributed by atoms with van der Waals surface area (Å²) in [6.07, 6.45) is 0. The van der Waals surface area contributed by atoms with E-state index in [-0.39, 0.29) is 0 Å². The molecule has 2 rings (SSSR count). The molecule has 0 fully saturated rings. The summed E-state index contributed by atoms with van der Waals surface area (Å²) in [5.41, 5.74) is 5.25. The molecule has 0 saturated heterocycles. The molecule has 0 spiro atoms. The molecule has 1 heterocycles. The van der Waals surface area contributed by atoms with Crippen LogP contribution in [0.4, 0.5) is 5.82 Å². The standard InChI is InChI=1S/C13H15Cl2N3/c1-6(2)8-5-9-11(15)7(3)4-10(14)12(9)17-13(8)18-16/h4-6H,16H2,1-3H3,(H,17,18). The van der Waals surface area contributed by atoms with E-state index in [9.17, 15) is 0 Å². The number of anilines is 1. The molecular weight excluding hydrogens is 269 g/mol. The van der Waals surface area contributed by atoms with E-state index in [0.717, 1.165) is 16.5 Å². The van der Waals surface area contributed by atoms with Crippen LogP contribution in [0.3, 0.4) is 0 Å².